The molecule has 5 nitrogen and oxygen atoms in total. The number of unbranched alkanes of at least 4 members (excludes halogenated alkanes) is 10. The van der Waals surface area contributed by atoms with Gasteiger partial charge in [0.25, 0.3) is 0 Å². The zero-order valence-corrected chi connectivity index (χ0v) is 25.0. The van der Waals surface area contributed by atoms with Crippen molar-refractivity contribution in [1.82, 2.24) is 10.2 Å². The summed E-state index contributed by atoms with van der Waals surface area (Å²) in [7, 11) is 0. The van der Waals surface area contributed by atoms with E-state index in [1.54, 1.807) is 30.3 Å². The van der Waals surface area contributed by atoms with Crippen molar-refractivity contribution < 1.29 is 13.9 Å². The molecule has 0 aliphatic heterocycles. The molecule has 0 aliphatic carbocycles. The van der Waals surface area contributed by atoms with Gasteiger partial charge in [-0.2, -0.15) is 0 Å². The summed E-state index contributed by atoms with van der Waals surface area (Å²) >= 11 is 0. The van der Waals surface area contributed by atoms with Crippen LogP contribution in [0.2, 0.25) is 0 Å². The van der Waals surface area contributed by atoms with Crippen LogP contribution in [0.5, 0.6) is 0 Å². The molecule has 0 bridgehead atoms. The Balaban J connectivity index is 1.18. The van der Waals surface area contributed by atoms with E-state index in [2.05, 4.69) is 48.0 Å². The molecule has 0 fully saturated rings. The van der Waals surface area contributed by atoms with E-state index in [1.807, 2.05) is 24.3 Å². The topological polar surface area (TPSA) is 65.2 Å². The summed E-state index contributed by atoms with van der Waals surface area (Å²) in [6.45, 7) is 6.23. The highest BCUT2D eigenvalue weighted by Gasteiger charge is 2.13. The van der Waals surface area contributed by atoms with Crippen molar-refractivity contribution >= 4 is 12.0 Å². The van der Waals surface area contributed by atoms with Crippen molar-refractivity contribution in [3.8, 4) is 22.9 Å². The van der Waals surface area contributed by atoms with Crippen molar-refractivity contribution in [2.24, 2.45) is 0 Å². The van der Waals surface area contributed by atoms with E-state index in [4.69, 9.17) is 9.15 Å². The third-order valence-corrected chi connectivity index (χ3v) is 7.65. The molecule has 5 heteroatoms. The lowest BCUT2D eigenvalue weighted by molar-refractivity contribution is 0.0472. The Hall–Kier alpha value is -3.99. The van der Waals surface area contributed by atoms with Gasteiger partial charge in [0.15, 0.2) is 0 Å². The highest BCUT2D eigenvalue weighted by atomic mass is 16.5. The Bertz CT molecular complexity index is 1360. The van der Waals surface area contributed by atoms with Gasteiger partial charge in [-0.25, -0.2) is 4.79 Å². The second kappa shape index (κ2) is 17.1. The van der Waals surface area contributed by atoms with Crippen molar-refractivity contribution in [2.45, 2.75) is 90.6 Å². The summed E-state index contributed by atoms with van der Waals surface area (Å²) in [4.78, 5) is 12.5. The summed E-state index contributed by atoms with van der Waals surface area (Å²) < 4.78 is 11.4. The van der Waals surface area contributed by atoms with Gasteiger partial charge in [-0.05, 0) is 65.9 Å². The second-order valence-electron chi connectivity index (χ2n) is 11.0. The molecule has 3 aromatic carbocycles. The maximum atomic E-state index is 12.5. The molecular weight excluding hydrogens is 520 g/mol. The van der Waals surface area contributed by atoms with Crippen molar-refractivity contribution in [1.29, 1.82) is 0 Å². The standard InChI is InChI=1S/C37H44N2O3/c1-3-5-6-7-8-9-10-11-12-13-14-15-30-20-22-32(23-21-30)35-38-39-36(42-35)33-24-26-34(27-25-33)37(40)41-28-31-18-16-29(4-2)17-19-31/h4,16-27H,2-3,5-15,28H2,1H3. The van der Waals surface area contributed by atoms with E-state index in [-0.39, 0.29) is 12.6 Å². The molecule has 42 heavy (non-hydrogen) atoms. The maximum Gasteiger partial charge on any atom is 0.338 e. The largest absolute Gasteiger partial charge is 0.457 e. The molecule has 0 atom stereocenters. The first-order chi connectivity index (χ1) is 20.7. The average molecular weight is 565 g/mol. The van der Waals surface area contributed by atoms with E-state index >= 15 is 0 Å². The molecular formula is C37H44N2O3. The van der Waals surface area contributed by atoms with Crippen LogP contribution in [0.4, 0.5) is 0 Å². The molecule has 0 unspecified atom stereocenters. The molecule has 0 spiro atoms. The van der Waals surface area contributed by atoms with E-state index in [0.717, 1.165) is 28.7 Å². The van der Waals surface area contributed by atoms with Gasteiger partial charge >= 0.3 is 5.97 Å². The van der Waals surface area contributed by atoms with Crippen LogP contribution in [0.25, 0.3) is 29.0 Å². The summed E-state index contributed by atoms with van der Waals surface area (Å²) in [6, 6.07) is 23.2. The normalized spacial score (nSPS) is 11.0. The molecule has 0 saturated carbocycles. The number of carbonyl (C=O) groups is 1. The number of esters is 1. The predicted molar refractivity (Wildman–Crippen MR) is 171 cm³/mol. The Morgan fingerprint density at radius 2 is 1.19 bits per heavy atom. The van der Waals surface area contributed by atoms with Crippen molar-refractivity contribution in [3.63, 3.8) is 0 Å². The molecule has 1 heterocycles. The Morgan fingerprint density at radius 1 is 0.690 bits per heavy atom. The first-order valence-electron chi connectivity index (χ1n) is 15.6. The number of hydrogen-bond donors (Lipinski definition) is 0. The van der Waals surface area contributed by atoms with Crippen LogP contribution in [-0.4, -0.2) is 16.2 Å². The van der Waals surface area contributed by atoms with E-state index < -0.39 is 0 Å². The highest BCUT2D eigenvalue weighted by Crippen LogP contribution is 2.25. The minimum absolute atomic E-state index is 0.211. The van der Waals surface area contributed by atoms with Gasteiger partial charge in [-0.1, -0.05) is 120 Å². The fourth-order valence-corrected chi connectivity index (χ4v) is 4.99. The van der Waals surface area contributed by atoms with E-state index in [9.17, 15) is 4.79 Å². The number of ether oxygens (including phenoxy) is 1. The highest BCUT2D eigenvalue weighted by molar-refractivity contribution is 5.89. The van der Waals surface area contributed by atoms with Crippen LogP contribution in [0.15, 0.2) is 83.8 Å². The molecule has 0 radical (unpaired) electrons. The van der Waals surface area contributed by atoms with Gasteiger partial charge in [0, 0.05) is 11.1 Å². The molecule has 0 saturated heterocycles. The maximum absolute atomic E-state index is 12.5. The Morgan fingerprint density at radius 3 is 1.74 bits per heavy atom. The second-order valence-corrected chi connectivity index (χ2v) is 11.0. The van der Waals surface area contributed by atoms with Crippen LogP contribution in [0.1, 0.15) is 105 Å². The van der Waals surface area contributed by atoms with Crippen molar-refractivity contribution in [3.05, 3.63) is 102 Å². The van der Waals surface area contributed by atoms with Crippen molar-refractivity contribution in [2.75, 3.05) is 0 Å². The average Bonchev–Trinajstić information content (AvgIpc) is 3.53. The molecule has 0 aliphatic rings. The van der Waals surface area contributed by atoms with Crippen LogP contribution >= 0.6 is 0 Å². The molecule has 4 aromatic rings. The summed E-state index contributed by atoms with van der Waals surface area (Å²) in [5.74, 6) is 0.517. The smallest absolute Gasteiger partial charge is 0.338 e. The zero-order chi connectivity index (χ0) is 29.4. The van der Waals surface area contributed by atoms with Gasteiger partial charge in [0.2, 0.25) is 11.8 Å². The Kier molecular flexibility index (Phi) is 12.6. The van der Waals surface area contributed by atoms with Crippen LogP contribution in [-0.2, 0) is 17.8 Å². The number of benzene rings is 3. The van der Waals surface area contributed by atoms with Crippen LogP contribution in [0, 0.1) is 0 Å². The van der Waals surface area contributed by atoms with E-state index in [1.165, 1.54) is 76.2 Å². The number of carbonyl (C=O) groups excluding carboxylic acids is 1. The Labute approximate surface area is 251 Å². The van der Waals surface area contributed by atoms with Crippen LogP contribution < -0.4 is 0 Å². The quantitative estimate of drug-likeness (QED) is 0.0888. The third-order valence-electron chi connectivity index (χ3n) is 7.65. The van der Waals surface area contributed by atoms with Gasteiger partial charge in [-0.3, -0.25) is 0 Å². The summed E-state index contributed by atoms with van der Waals surface area (Å²) in [5.41, 5.74) is 5.40. The lowest BCUT2D eigenvalue weighted by Gasteiger charge is -2.06. The fraction of sp³-hybridized carbons (Fsp3) is 0.378. The van der Waals surface area contributed by atoms with Gasteiger partial charge < -0.3 is 9.15 Å². The number of aromatic nitrogens is 2. The number of hydrogen-bond acceptors (Lipinski definition) is 5. The first-order valence-corrected chi connectivity index (χ1v) is 15.6. The fourth-order valence-electron chi connectivity index (χ4n) is 4.99. The molecule has 1 aromatic heterocycles. The molecule has 220 valence electrons. The first kappa shape index (κ1) is 31.0. The number of aryl methyl sites for hydroxylation is 1. The van der Waals surface area contributed by atoms with Gasteiger partial charge in [0.1, 0.15) is 6.61 Å². The lowest BCUT2D eigenvalue weighted by Crippen LogP contribution is -2.05. The zero-order valence-electron chi connectivity index (χ0n) is 25.0. The van der Waals surface area contributed by atoms with Gasteiger partial charge in [0.05, 0.1) is 5.56 Å². The van der Waals surface area contributed by atoms with Crippen LogP contribution in [0.3, 0.4) is 0 Å². The minimum atomic E-state index is -0.381. The summed E-state index contributed by atoms with van der Waals surface area (Å²) in [6.07, 6.45) is 17.8. The van der Waals surface area contributed by atoms with Gasteiger partial charge in [-0.15, -0.1) is 10.2 Å². The third kappa shape index (κ3) is 9.83. The minimum Gasteiger partial charge on any atom is -0.457 e. The molecule has 4 rings (SSSR count). The number of rotatable bonds is 18. The molecule has 0 N–H and O–H groups in total. The monoisotopic (exact) mass is 564 g/mol. The predicted octanol–water partition coefficient (Wildman–Crippen LogP) is 10.3. The number of nitrogens with zero attached hydrogens (tertiary/aromatic N) is 2. The van der Waals surface area contributed by atoms with E-state index in [0.29, 0.717) is 17.3 Å². The SMILES string of the molecule is C=Cc1ccc(COC(=O)c2ccc(-c3nnc(-c4ccc(CCCCCCCCCCCCC)cc4)o3)cc2)cc1. The molecule has 0 amide bonds. The lowest BCUT2D eigenvalue weighted by atomic mass is 10.0. The summed E-state index contributed by atoms with van der Waals surface area (Å²) in [5, 5.41) is 8.46.